The molecule has 0 atom stereocenters. The Morgan fingerprint density at radius 3 is 3.05 bits per heavy atom. The summed E-state index contributed by atoms with van der Waals surface area (Å²) in [5.41, 5.74) is 1.08. The number of hydrogen-bond acceptors (Lipinski definition) is 5. The van der Waals surface area contributed by atoms with Gasteiger partial charge in [-0.1, -0.05) is 12.1 Å². The number of ether oxygens (including phenoxy) is 2. The van der Waals surface area contributed by atoms with Gasteiger partial charge in [-0.15, -0.1) is 0 Å². The first-order valence-corrected chi connectivity index (χ1v) is 5.92. The van der Waals surface area contributed by atoms with Gasteiger partial charge in [0.2, 0.25) is 6.79 Å². The van der Waals surface area contributed by atoms with Gasteiger partial charge in [0.05, 0.1) is 6.20 Å². The van der Waals surface area contributed by atoms with Crippen molar-refractivity contribution < 1.29 is 18.8 Å². The first kappa shape index (κ1) is 11.6. The van der Waals surface area contributed by atoms with Crippen LogP contribution in [0.2, 0.25) is 0 Å². The molecule has 1 aromatic heterocycles. The molecule has 1 amide bonds. The fourth-order valence-electron chi connectivity index (χ4n) is 1.88. The summed E-state index contributed by atoms with van der Waals surface area (Å²) in [7, 11) is 0. The number of carbonyl (C=O) groups is 1. The van der Waals surface area contributed by atoms with E-state index in [-0.39, 0.29) is 12.7 Å². The van der Waals surface area contributed by atoms with Gasteiger partial charge in [-0.05, 0) is 12.1 Å². The molecule has 0 bridgehead atoms. The van der Waals surface area contributed by atoms with Crippen molar-refractivity contribution in [2.24, 2.45) is 0 Å². The van der Waals surface area contributed by atoms with E-state index in [0.29, 0.717) is 34.9 Å². The van der Waals surface area contributed by atoms with Crippen molar-refractivity contribution in [1.82, 2.24) is 5.16 Å². The van der Waals surface area contributed by atoms with Crippen LogP contribution < -0.4 is 14.8 Å². The molecule has 3 rings (SSSR count). The van der Waals surface area contributed by atoms with E-state index >= 15 is 0 Å². The largest absolute Gasteiger partial charge is 0.454 e. The van der Waals surface area contributed by atoms with Gasteiger partial charge in [0, 0.05) is 18.2 Å². The highest BCUT2D eigenvalue weighted by Crippen LogP contribution is 2.34. The number of benzene rings is 1. The number of amides is 1. The summed E-state index contributed by atoms with van der Waals surface area (Å²) in [5.74, 6) is 1.62. The van der Waals surface area contributed by atoms with Gasteiger partial charge < -0.3 is 19.3 Å². The van der Waals surface area contributed by atoms with Crippen molar-refractivity contribution in [2.45, 2.75) is 13.3 Å². The molecule has 2 heterocycles. The van der Waals surface area contributed by atoms with E-state index in [2.05, 4.69) is 10.5 Å². The zero-order chi connectivity index (χ0) is 13.2. The fourth-order valence-corrected chi connectivity index (χ4v) is 1.88. The maximum atomic E-state index is 12.1. The molecule has 0 saturated carbocycles. The van der Waals surface area contributed by atoms with E-state index in [0.717, 1.165) is 0 Å². The number of rotatable bonds is 3. The highest BCUT2D eigenvalue weighted by atomic mass is 16.7. The average Bonchev–Trinajstić information content (AvgIpc) is 3.06. The number of nitrogens with zero attached hydrogens (tertiary/aromatic N) is 1. The standard InChI is InChI=1S/C13H12N2O4/c1-2-10-9(6-14-19-10)13(16)15-8-3-4-11-12(5-8)18-7-17-11/h3-6H,2,7H2,1H3,(H,15,16). The minimum Gasteiger partial charge on any atom is -0.454 e. The number of fused-ring (bicyclic) bond motifs is 1. The van der Waals surface area contributed by atoms with Gasteiger partial charge in [0.1, 0.15) is 11.3 Å². The van der Waals surface area contributed by atoms with Crippen molar-refractivity contribution in [1.29, 1.82) is 0 Å². The van der Waals surface area contributed by atoms with Crippen LogP contribution in [0.25, 0.3) is 0 Å². The van der Waals surface area contributed by atoms with Crippen LogP contribution >= 0.6 is 0 Å². The number of aromatic nitrogens is 1. The molecule has 2 aromatic rings. The van der Waals surface area contributed by atoms with E-state index in [1.165, 1.54) is 6.20 Å². The predicted octanol–water partition coefficient (Wildman–Crippen LogP) is 2.22. The molecule has 0 aliphatic carbocycles. The summed E-state index contributed by atoms with van der Waals surface area (Å²) in [6, 6.07) is 5.23. The van der Waals surface area contributed by atoms with Gasteiger partial charge in [-0.2, -0.15) is 0 Å². The Kier molecular flexibility index (Phi) is 2.83. The van der Waals surface area contributed by atoms with Crippen LogP contribution in [0.1, 0.15) is 23.0 Å². The number of aryl methyl sites for hydroxylation is 1. The zero-order valence-corrected chi connectivity index (χ0v) is 10.3. The Morgan fingerprint density at radius 1 is 1.37 bits per heavy atom. The summed E-state index contributed by atoms with van der Waals surface area (Å²) in [5, 5.41) is 6.41. The zero-order valence-electron chi connectivity index (χ0n) is 10.3. The minimum atomic E-state index is -0.253. The molecule has 0 saturated heterocycles. The third-order valence-electron chi connectivity index (χ3n) is 2.84. The van der Waals surface area contributed by atoms with Gasteiger partial charge in [0.15, 0.2) is 11.5 Å². The fraction of sp³-hybridized carbons (Fsp3) is 0.231. The first-order chi connectivity index (χ1) is 9.28. The summed E-state index contributed by atoms with van der Waals surface area (Å²) < 4.78 is 15.5. The quantitative estimate of drug-likeness (QED) is 0.915. The molecule has 0 unspecified atom stereocenters. The maximum Gasteiger partial charge on any atom is 0.260 e. The molecule has 98 valence electrons. The SMILES string of the molecule is CCc1oncc1C(=O)Nc1ccc2c(c1)OCO2. The molecule has 0 fully saturated rings. The van der Waals surface area contributed by atoms with E-state index in [4.69, 9.17) is 14.0 Å². The average molecular weight is 260 g/mol. The Morgan fingerprint density at radius 2 is 2.21 bits per heavy atom. The molecule has 0 spiro atoms. The van der Waals surface area contributed by atoms with Crippen molar-refractivity contribution in [2.75, 3.05) is 12.1 Å². The molecule has 0 radical (unpaired) electrons. The van der Waals surface area contributed by atoms with E-state index in [9.17, 15) is 4.79 Å². The maximum absolute atomic E-state index is 12.1. The lowest BCUT2D eigenvalue weighted by Gasteiger charge is -2.05. The smallest absolute Gasteiger partial charge is 0.260 e. The molecular formula is C13H12N2O4. The lowest BCUT2D eigenvalue weighted by atomic mass is 10.2. The van der Waals surface area contributed by atoms with Crippen LogP contribution in [0.15, 0.2) is 28.9 Å². The highest BCUT2D eigenvalue weighted by molar-refractivity contribution is 6.04. The highest BCUT2D eigenvalue weighted by Gasteiger charge is 2.17. The van der Waals surface area contributed by atoms with E-state index in [1.54, 1.807) is 18.2 Å². The van der Waals surface area contributed by atoms with Crippen LogP contribution in [-0.4, -0.2) is 17.9 Å². The van der Waals surface area contributed by atoms with Gasteiger partial charge in [-0.25, -0.2) is 0 Å². The molecule has 1 aliphatic rings. The third kappa shape index (κ3) is 2.12. The summed E-state index contributed by atoms with van der Waals surface area (Å²) in [4.78, 5) is 12.1. The van der Waals surface area contributed by atoms with Crippen molar-refractivity contribution in [3.63, 3.8) is 0 Å². The monoisotopic (exact) mass is 260 g/mol. The van der Waals surface area contributed by atoms with Gasteiger partial charge >= 0.3 is 0 Å². The van der Waals surface area contributed by atoms with Crippen molar-refractivity contribution >= 4 is 11.6 Å². The molecule has 1 aromatic carbocycles. The van der Waals surface area contributed by atoms with Crippen LogP contribution in [0.5, 0.6) is 11.5 Å². The predicted molar refractivity (Wildman–Crippen MR) is 66.4 cm³/mol. The van der Waals surface area contributed by atoms with Crippen molar-refractivity contribution in [3.05, 3.63) is 35.7 Å². The molecule has 19 heavy (non-hydrogen) atoms. The Balaban J connectivity index is 1.80. The van der Waals surface area contributed by atoms with Crippen molar-refractivity contribution in [3.8, 4) is 11.5 Å². The Bertz CT molecular complexity index is 621. The summed E-state index contributed by atoms with van der Waals surface area (Å²) in [6.45, 7) is 2.11. The Hall–Kier alpha value is -2.50. The number of carbonyl (C=O) groups excluding carboxylic acids is 1. The van der Waals surface area contributed by atoms with Crippen LogP contribution in [0, 0.1) is 0 Å². The summed E-state index contributed by atoms with van der Waals surface area (Å²) >= 11 is 0. The number of hydrogen-bond donors (Lipinski definition) is 1. The summed E-state index contributed by atoms with van der Waals surface area (Å²) in [6.07, 6.45) is 2.03. The van der Waals surface area contributed by atoms with Crippen LogP contribution in [-0.2, 0) is 6.42 Å². The molecule has 1 aliphatic heterocycles. The first-order valence-electron chi connectivity index (χ1n) is 5.92. The van der Waals surface area contributed by atoms with Crippen LogP contribution in [0.3, 0.4) is 0 Å². The number of nitrogens with one attached hydrogen (secondary N) is 1. The third-order valence-corrected chi connectivity index (χ3v) is 2.84. The number of anilines is 1. The normalized spacial score (nSPS) is 12.5. The lowest BCUT2D eigenvalue weighted by molar-refractivity contribution is 0.102. The van der Waals surface area contributed by atoms with E-state index in [1.807, 2.05) is 6.92 Å². The minimum absolute atomic E-state index is 0.207. The second-order valence-corrected chi connectivity index (χ2v) is 4.04. The topological polar surface area (TPSA) is 73.6 Å². The van der Waals surface area contributed by atoms with E-state index < -0.39 is 0 Å². The Labute approximate surface area is 109 Å². The second-order valence-electron chi connectivity index (χ2n) is 4.04. The molecule has 6 heteroatoms. The second kappa shape index (κ2) is 4.64. The molecule has 1 N–H and O–H groups in total. The van der Waals surface area contributed by atoms with Gasteiger partial charge in [-0.3, -0.25) is 4.79 Å². The lowest BCUT2D eigenvalue weighted by Crippen LogP contribution is -2.12. The van der Waals surface area contributed by atoms with Gasteiger partial charge in [0.25, 0.3) is 5.91 Å². The van der Waals surface area contributed by atoms with Crippen LogP contribution in [0.4, 0.5) is 5.69 Å². The molecular weight excluding hydrogens is 248 g/mol. The molecule has 6 nitrogen and oxygen atoms in total.